The molecule has 6 rings (SSSR count). The normalized spacial score (nSPS) is 30.7. The number of likely N-dealkylation sites (tertiary alicyclic amines) is 1. The molecule has 0 radical (unpaired) electrons. The minimum Gasteiger partial charge on any atom is -0.394 e. The van der Waals surface area contributed by atoms with Gasteiger partial charge >= 0.3 is 0 Å². The lowest BCUT2D eigenvalue weighted by molar-refractivity contribution is -0.143. The summed E-state index contributed by atoms with van der Waals surface area (Å²) in [5, 5.41) is 17.0. The zero-order valence-electron chi connectivity index (χ0n) is 22.1. The first-order valence-corrected chi connectivity index (χ1v) is 15.2. The number of carbonyl (C=O) groups is 3. The highest BCUT2D eigenvalue weighted by Gasteiger charge is 2.74. The third-order valence-electron chi connectivity index (χ3n) is 9.24. The molecule has 7 nitrogen and oxygen atoms in total. The Morgan fingerprint density at radius 1 is 0.974 bits per heavy atom. The van der Waals surface area contributed by atoms with Gasteiger partial charge in [0.15, 0.2) is 0 Å². The summed E-state index contributed by atoms with van der Waals surface area (Å²) in [5.74, 6) is -1.52. The topological polar surface area (TPSA) is 98.7 Å². The van der Waals surface area contributed by atoms with E-state index in [2.05, 4.69) is 10.6 Å². The number of thioether (sulfide) groups is 1. The molecule has 2 unspecified atom stereocenters. The number of amides is 3. The number of benzene rings is 2. The fourth-order valence-corrected chi connectivity index (χ4v) is 9.69. The number of hydrogen-bond donors (Lipinski definition) is 3. The second-order valence-corrected chi connectivity index (χ2v) is 13.1. The van der Waals surface area contributed by atoms with Gasteiger partial charge in [0, 0.05) is 17.8 Å². The van der Waals surface area contributed by atoms with Crippen LogP contribution in [0.2, 0.25) is 0 Å². The summed E-state index contributed by atoms with van der Waals surface area (Å²) in [4.78, 5) is 43.8. The number of rotatable bonds is 8. The highest BCUT2D eigenvalue weighted by molar-refractivity contribution is 8.02. The second kappa shape index (κ2) is 11.0. The Bertz CT molecular complexity index is 1200. The van der Waals surface area contributed by atoms with Gasteiger partial charge in [0.1, 0.15) is 6.04 Å². The molecule has 6 atom stereocenters. The first-order valence-electron chi connectivity index (χ1n) is 14.3. The first kappa shape index (κ1) is 26.4. The average Bonchev–Trinajstić information content (AvgIpc) is 3.61. The van der Waals surface area contributed by atoms with Crippen molar-refractivity contribution in [3.8, 4) is 0 Å². The largest absolute Gasteiger partial charge is 0.394 e. The molecule has 3 heterocycles. The molecule has 1 aliphatic carbocycles. The Balaban J connectivity index is 1.33. The number of nitrogens with zero attached hydrogens (tertiary/aromatic N) is 1. The van der Waals surface area contributed by atoms with Crippen molar-refractivity contribution in [2.75, 3.05) is 6.61 Å². The summed E-state index contributed by atoms with van der Waals surface area (Å²) in [6, 6.07) is 18.0. The van der Waals surface area contributed by atoms with Crippen molar-refractivity contribution < 1.29 is 19.5 Å². The van der Waals surface area contributed by atoms with E-state index in [1.807, 2.05) is 60.7 Å². The summed E-state index contributed by atoms with van der Waals surface area (Å²) >= 11 is 1.67. The number of nitrogens with one attached hydrogen (secondary N) is 2. The molecule has 1 saturated carbocycles. The van der Waals surface area contributed by atoms with Crippen molar-refractivity contribution in [1.29, 1.82) is 0 Å². The number of aliphatic hydroxyl groups excluding tert-OH is 1. The van der Waals surface area contributed by atoms with Gasteiger partial charge in [0.2, 0.25) is 17.7 Å². The van der Waals surface area contributed by atoms with Crippen LogP contribution >= 0.6 is 11.8 Å². The lowest BCUT2D eigenvalue weighted by Crippen LogP contribution is -2.56. The molecule has 4 fully saturated rings. The van der Waals surface area contributed by atoms with Gasteiger partial charge in [0.25, 0.3) is 0 Å². The van der Waals surface area contributed by atoms with Gasteiger partial charge in [-0.2, -0.15) is 0 Å². The smallest absolute Gasteiger partial charge is 0.244 e. The molecule has 3 N–H and O–H groups in total. The molecule has 4 aliphatic rings. The fourth-order valence-electron chi connectivity index (χ4n) is 7.49. The van der Waals surface area contributed by atoms with Gasteiger partial charge in [-0.15, -0.1) is 11.8 Å². The molecule has 2 aromatic carbocycles. The average molecular weight is 548 g/mol. The van der Waals surface area contributed by atoms with E-state index < -0.39 is 28.7 Å². The molecule has 2 aromatic rings. The minimum absolute atomic E-state index is 0.00570. The highest BCUT2D eigenvalue weighted by atomic mass is 32.2. The Kier molecular flexibility index (Phi) is 7.42. The number of aliphatic hydroxyl groups is 1. The molecule has 206 valence electrons. The molecule has 39 heavy (non-hydrogen) atoms. The zero-order valence-corrected chi connectivity index (χ0v) is 22.9. The third-order valence-corrected chi connectivity index (χ3v) is 11.2. The predicted octanol–water partition coefficient (Wildman–Crippen LogP) is 3.58. The maximum absolute atomic E-state index is 14.4. The van der Waals surface area contributed by atoms with E-state index in [-0.39, 0.29) is 35.6 Å². The van der Waals surface area contributed by atoms with E-state index in [1.165, 1.54) is 6.42 Å². The van der Waals surface area contributed by atoms with Gasteiger partial charge in [-0.1, -0.05) is 79.9 Å². The van der Waals surface area contributed by atoms with E-state index in [4.69, 9.17) is 0 Å². The van der Waals surface area contributed by atoms with Gasteiger partial charge < -0.3 is 20.6 Å². The quantitative estimate of drug-likeness (QED) is 0.469. The van der Waals surface area contributed by atoms with Crippen LogP contribution in [0.15, 0.2) is 60.7 Å². The molecule has 8 heteroatoms. The molecular formula is C31H37N3O4S. The number of hydrogen-bond acceptors (Lipinski definition) is 5. The van der Waals surface area contributed by atoms with Crippen LogP contribution in [0.25, 0.3) is 0 Å². The lowest BCUT2D eigenvalue weighted by atomic mass is 9.70. The number of carbonyl (C=O) groups excluding carboxylic acids is 3. The minimum atomic E-state index is -0.726. The predicted molar refractivity (Wildman–Crippen MR) is 151 cm³/mol. The van der Waals surface area contributed by atoms with Gasteiger partial charge in [0.05, 0.1) is 29.2 Å². The third kappa shape index (κ3) is 4.65. The summed E-state index contributed by atoms with van der Waals surface area (Å²) in [6.07, 6.45) is 6.79. The second-order valence-electron chi connectivity index (χ2n) is 11.5. The van der Waals surface area contributed by atoms with Crippen LogP contribution in [-0.4, -0.2) is 56.4 Å². The Hall–Kier alpha value is -2.84. The van der Waals surface area contributed by atoms with Crippen LogP contribution in [0, 0.1) is 11.8 Å². The summed E-state index contributed by atoms with van der Waals surface area (Å²) < 4.78 is -0.669. The molecule has 2 bridgehead atoms. The zero-order chi connectivity index (χ0) is 27.0. The molecule has 1 spiro atoms. The lowest BCUT2D eigenvalue weighted by Gasteiger charge is -2.38. The van der Waals surface area contributed by atoms with Crippen LogP contribution < -0.4 is 10.6 Å². The van der Waals surface area contributed by atoms with Crippen molar-refractivity contribution in [3.05, 3.63) is 71.8 Å². The first-order chi connectivity index (χ1) is 19.0. The van der Waals surface area contributed by atoms with Gasteiger partial charge in [-0.05, 0) is 36.8 Å². The fraction of sp³-hybridized carbons (Fsp3) is 0.516. The maximum atomic E-state index is 14.4. The standard InChI is InChI=1S/C31H37N3O4S/c35-19-23(21-12-6-2-7-13-21)34-27(29(37)33-22-14-8-3-9-15-22)31-17-16-24(39-31)25(26(31)30(34)38)28(36)32-18-20-10-4-1-5-11-20/h1-2,4-7,10-13,22-27,35H,3,8-9,14-19H2,(H,32,36)(H,33,37)/t23-,24-,25+,26+,27?,31?/m1/s1. The monoisotopic (exact) mass is 547 g/mol. The van der Waals surface area contributed by atoms with Gasteiger partial charge in [-0.3, -0.25) is 14.4 Å². The molecule has 3 aliphatic heterocycles. The van der Waals surface area contributed by atoms with Crippen molar-refractivity contribution in [3.63, 3.8) is 0 Å². The maximum Gasteiger partial charge on any atom is 0.244 e. The van der Waals surface area contributed by atoms with E-state index in [0.717, 1.165) is 43.2 Å². The summed E-state index contributed by atoms with van der Waals surface area (Å²) in [7, 11) is 0. The van der Waals surface area contributed by atoms with Crippen LogP contribution in [0.3, 0.4) is 0 Å². The summed E-state index contributed by atoms with van der Waals surface area (Å²) in [5.41, 5.74) is 1.80. The molecule has 0 aromatic heterocycles. The molecule has 3 saturated heterocycles. The summed E-state index contributed by atoms with van der Waals surface area (Å²) in [6.45, 7) is 0.116. The van der Waals surface area contributed by atoms with Crippen molar-refractivity contribution in [2.45, 2.75) is 79.6 Å². The molecule has 3 amide bonds. The van der Waals surface area contributed by atoms with Crippen LogP contribution in [0.1, 0.15) is 62.1 Å². The molecular weight excluding hydrogens is 510 g/mol. The Morgan fingerprint density at radius 2 is 1.67 bits per heavy atom. The highest BCUT2D eigenvalue weighted by Crippen LogP contribution is 2.67. The van der Waals surface area contributed by atoms with E-state index in [0.29, 0.717) is 13.0 Å². The van der Waals surface area contributed by atoms with Crippen LogP contribution in [0.5, 0.6) is 0 Å². The van der Waals surface area contributed by atoms with Gasteiger partial charge in [-0.25, -0.2) is 0 Å². The SMILES string of the molecule is O=C(NC1CCCCC1)C1N([C@H](CO)c2ccccc2)C(=O)[C@@H]2[C@@H](C(=O)NCc3ccccc3)[C@H]3CCC12S3. The van der Waals surface area contributed by atoms with E-state index >= 15 is 0 Å². The Morgan fingerprint density at radius 3 is 2.36 bits per heavy atom. The van der Waals surface area contributed by atoms with E-state index in [9.17, 15) is 19.5 Å². The number of fused-ring (bicyclic) bond motifs is 1. The Labute approximate surface area is 234 Å². The van der Waals surface area contributed by atoms with Crippen molar-refractivity contribution in [1.82, 2.24) is 15.5 Å². The van der Waals surface area contributed by atoms with Crippen LogP contribution in [0.4, 0.5) is 0 Å². The van der Waals surface area contributed by atoms with Crippen molar-refractivity contribution in [2.24, 2.45) is 11.8 Å². The van der Waals surface area contributed by atoms with Crippen LogP contribution in [-0.2, 0) is 20.9 Å². The van der Waals surface area contributed by atoms with Crippen molar-refractivity contribution >= 4 is 29.5 Å². The van der Waals surface area contributed by atoms with E-state index in [1.54, 1.807) is 16.7 Å².